The van der Waals surface area contributed by atoms with E-state index in [2.05, 4.69) is 175 Å². The quantitative estimate of drug-likeness (QED) is 0.0606. The number of hydrogen-bond donors (Lipinski definition) is 0. The lowest BCUT2D eigenvalue weighted by Gasteiger charge is -2.15. The van der Waals surface area contributed by atoms with Crippen molar-refractivity contribution in [3.05, 3.63) is 253 Å². The molecule has 13 rings (SSSR count). The normalized spacial score (nSPS) is 11.1. The number of ether oxygens (including phenoxy) is 4. The van der Waals surface area contributed by atoms with Crippen LogP contribution in [-0.2, 0) is 25.7 Å². The van der Waals surface area contributed by atoms with Gasteiger partial charge in [-0.25, -0.2) is 9.97 Å². The van der Waals surface area contributed by atoms with Gasteiger partial charge >= 0.3 is 0 Å². The molecule has 88 heavy (non-hydrogen) atoms. The Bertz CT molecular complexity index is 4170. The fraction of sp³-hybridized carbons (Fsp3) is 0.167. The van der Waals surface area contributed by atoms with Crippen LogP contribution in [0.1, 0.15) is 59.8 Å². The smallest absolute Gasteiger partial charge is 0.125 e. The first kappa shape index (κ1) is 64.2. The Hall–Kier alpha value is -8.28. The first-order valence-corrected chi connectivity index (χ1v) is 28.9. The maximum Gasteiger partial charge on any atom is 0.125 e. The van der Waals surface area contributed by atoms with Crippen molar-refractivity contribution in [2.45, 2.75) is 51.4 Å². The van der Waals surface area contributed by atoms with E-state index < -0.39 is 0 Å². The second-order valence-corrected chi connectivity index (χ2v) is 20.9. The van der Waals surface area contributed by atoms with E-state index in [9.17, 15) is 0 Å². The van der Waals surface area contributed by atoms with Gasteiger partial charge in [-0.3, -0.25) is 19.9 Å². The summed E-state index contributed by atoms with van der Waals surface area (Å²) < 4.78 is 30.9. The number of rotatable bonds is 22. The van der Waals surface area contributed by atoms with Crippen molar-refractivity contribution < 1.29 is 18.9 Å². The van der Waals surface area contributed by atoms with Gasteiger partial charge in [0, 0.05) is 117 Å². The molecule has 0 unspecified atom stereocenters. The number of halogens is 4. The molecule has 0 saturated carbocycles. The van der Waals surface area contributed by atoms with E-state index in [0.29, 0.717) is 49.4 Å². The van der Waals surface area contributed by atoms with Crippen LogP contribution in [0, 0.1) is 0 Å². The van der Waals surface area contributed by atoms with Crippen molar-refractivity contribution in [2.75, 3.05) is 26.4 Å². The Morgan fingerprint density at radius 1 is 0.330 bits per heavy atom. The van der Waals surface area contributed by atoms with Crippen molar-refractivity contribution >= 4 is 113 Å². The summed E-state index contributed by atoms with van der Waals surface area (Å²) in [5.74, 6) is 2.84. The van der Waals surface area contributed by atoms with E-state index in [-0.39, 0.29) is 67.9 Å². The van der Waals surface area contributed by atoms with Gasteiger partial charge in [-0.15, -0.1) is 67.9 Å². The Morgan fingerprint density at radius 2 is 0.705 bits per heavy atom. The van der Waals surface area contributed by atoms with Crippen LogP contribution in [0.4, 0.5) is 0 Å². The third kappa shape index (κ3) is 15.7. The van der Waals surface area contributed by atoms with Crippen LogP contribution in [0.2, 0.25) is 0 Å². The zero-order valence-corrected chi connectivity index (χ0v) is 55.1. The lowest BCUT2D eigenvalue weighted by molar-refractivity contribution is 0.295. The molecule has 0 radical (unpaired) electrons. The molecule has 0 atom stereocenters. The molecule has 16 heteroatoms. The van der Waals surface area contributed by atoms with Crippen molar-refractivity contribution in [3.8, 4) is 56.9 Å². The molecule has 2 aliphatic heterocycles. The van der Waals surface area contributed by atoms with Crippen molar-refractivity contribution in [3.63, 3.8) is 0 Å². The third-order valence-electron chi connectivity index (χ3n) is 15.0. The lowest BCUT2D eigenvalue weighted by Crippen LogP contribution is -2.04. The molecule has 11 aromatic rings. The summed E-state index contributed by atoms with van der Waals surface area (Å²) in [6.45, 7) is 2.03. The molecule has 0 fully saturated rings. The highest BCUT2D eigenvalue weighted by molar-refractivity contribution is 8.93. The van der Waals surface area contributed by atoms with Crippen LogP contribution >= 0.6 is 67.9 Å². The minimum absolute atomic E-state index is 0. The standard InChI is InChI=1S/C72H62N8O4.4BrH/c1-2-24-68-51(15-1)25-32-69-70-47-60-30-28-58(79(60)62-43-64(81-37-11-20-52-16-3-7-33-73-52)49-65(44-62)82-38-12-21-53-17-4-8-34-74-53)41-56-26-27-57(77-56)42-59-29-31-61(48-71(78-70)72(68)69)80(59)63-45-66(83-39-13-22-54-18-5-9-35-75-54)50-67(46-63)84-40-14-23-55-19-6-10-36-76-55;;;;/h1-10,15-19,24-36,41-50H,11-14,20-23,37-40H2;4*1H. The molecule has 12 nitrogen and oxygen atoms in total. The Morgan fingerprint density at radius 3 is 1.10 bits per heavy atom. The van der Waals surface area contributed by atoms with Gasteiger partial charge in [-0.1, -0.05) is 60.7 Å². The molecule has 0 amide bonds. The molecule has 0 saturated heterocycles. The van der Waals surface area contributed by atoms with Crippen molar-refractivity contribution in [1.29, 1.82) is 0 Å². The fourth-order valence-electron chi connectivity index (χ4n) is 11.0. The molecule has 0 N–H and O–H groups in total. The van der Waals surface area contributed by atoms with Crippen LogP contribution in [-0.4, -0.2) is 65.5 Å². The molecule has 0 spiro atoms. The van der Waals surface area contributed by atoms with Crippen molar-refractivity contribution in [2.24, 2.45) is 0 Å². The highest BCUT2D eigenvalue weighted by Gasteiger charge is 2.21. The number of aromatic nitrogens is 8. The van der Waals surface area contributed by atoms with Crippen LogP contribution < -0.4 is 18.9 Å². The lowest BCUT2D eigenvalue weighted by atomic mass is 9.97. The van der Waals surface area contributed by atoms with Gasteiger partial charge in [-0.05, 0) is 171 Å². The minimum Gasteiger partial charge on any atom is -0.493 e. The van der Waals surface area contributed by atoms with Gasteiger partial charge in [-0.2, -0.15) is 0 Å². The van der Waals surface area contributed by atoms with E-state index in [4.69, 9.17) is 28.9 Å². The van der Waals surface area contributed by atoms with E-state index in [1.165, 1.54) is 0 Å². The van der Waals surface area contributed by atoms with Crippen LogP contribution in [0.25, 0.3) is 78.9 Å². The predicted molar refractivity (Wildman–Crippen MR) is 375 cm³/mol. The van der Waals surface area contributed by atoms with E-state index in [1.54, 1.807) is 0 Å². The van der Waals surface area contributed by atoms with Crippen LogP contribution in [0.15, 0.2) is 219 Å². The summed E-state index contributed by atoms with van der Waals surface area (Å²) in [4.78, 5) is 29.0. The minimum atomic E-state index is 0. The SMILES string of the molecule is Br.Br.Br.Br.C1=Cc2cc3ccc(cc4nc(cc5ccc(cc1n2)n5-c1cc(OCCCc2ccccn2)cc(OCCCc2ccccn2)c1)-c1ccc2ccccc2c1-4)n3-c1cc(OCCCc2ccccn2)cc(OCCCc2ccccn2)c1. The summed E-state index contributed by atoms with van der Waals surface area (Å²) in [6, 6.07) is 66.7. The summed E-state index contributed by atoms with van der Waals surface area (Å²) in [5, 5.41) is 2.25. The number of hydrogen-bond acceptors (Lipinski definition) is 10. The third-order valence-corrected chi connectivity index (χ3v) is 15.0. The number of pyridine rings is 4. The zero-order valence-electron chi connectivity index (χ0n) is 48.3. The highest BCUT2D eigenvalue weighted by Crippen LogP contribution is 2.42. The molecular formula is C72H66Br4N8O4. The van der Waals surface area contributed by atoms with E-state index in [0.717, 1.165) is 152 Å². The number of nitrogens with zero attached hydrogens (tertiary/aromatic N) is 8. The van der Waals surface area contributed by atoms with Crippen LogP contribution in [0.3, 0.4) is 0 Å². The number of benzene rings is 4. The highest BCUT2D eigenvalue weighted by atomic mass is 79.9. The van der Waals surface area contributed by atoms with Gasteiger partial charge in [0.1, 0.15) is 23.0 Å². The summed E-state index contributed by atoms with van der Waals surface area (Å²) >= 11 is 0. The Labute approximate surface area is 554 Å². The number of fused-ring (bicyclic) bond motifs is 13. The average Bonchev–Trinajstić information content (AvgIpc) is 1.74. The maximum absolute atomic E-state index is 6.60. The molecular weight excluding hydrogens is 1360 g/mol. The summed E-state index contributed by atoms with van der Waals surface area (Å²) in [5.41, 5.74) is 15.0. The van der Waals surface area contributed by atoms with Crippen molar-refractivity contribution in [1.82, 2.24) is 39.0 Å². The molecule has 4 aromatic carbocycles. The first-order chi connectivity index (χ1) is 41.6. The molecule has 0 aliphatic carbocycles. The van der Waals surface area contributed by atoms with Crippen LogP contribution in [0.5, 0.6) is 23.0 Å². The summed E-state index contributed by atoms with van der Waals surface area (Å²) in [6.07, 6.45) is 17.9. The maximum atomic E-state index is 6.60. The zero-order chi connectivity index (χ0) is 56.3. The summed E-state index contributed by atoms with van der Waals surface area (Å²) in [7, 11) is 0. The van der Waals surface area contributed by atoms with Gasteiger partial charge in [0.25, 0.3) is 0 Å². The second-order valence-electron chi connectivity index (χ2n) is 20.9. The van der Waals surface area contributed by atoms with E-state index in [1.807, 2.05) is 85.5 Å². The second kappa shape index (κ2) is 31.1. The molecule has 2 aliphatic rings. The fourth-order valence-corrected chi connectivity index (χ4v) is 11.0. The molecule has 7 aromatic heterocycles. The average molecular weight is 1430 g/mol. The molecule has 446 valence electrons. The van der Waals surface area contributed by atoms with Gasteiger partial charge in [0.05, 0.1) is 60.6 Å². The van der Waals surface area contributed by atoms with Gasteiger partial charge in [0.2, 0.25) is 0 Å². The largest absolute Gasteiger partial charge is 0.493 e. The monoisotopic (exact) mass is 1420 g/mol. The molecule has 8 bridgehead atoms. The topological polar surface area (TPSA) is 124 Å². The van der Waals surface area contributed by atoms with E-state index >= 15 is 0 Å². The predicted octanol–water partition coefficient (Wildman–Crippen LogP) is 17.8. The first-order valence-electron chi connectivity index (χ1n) is 28.9. The van der Waals surface area contributed by atoms with Gasteiger partial charge in [0.15, 0.2) is 0 Å². The Kier molecular flexibility index (Phi) is 22.7. The molecule has 9 heterocycles. The Balaban J connectivity index is 0.00000230. The van der Waals surface area contributed by atoms with Gasteiger partial charge < -0.3 is 28.1 Å². The number of aryl methyl sites for hydroxylation is 4.